The minimum atomic E-state index is -2.45. The Morgan fingerprint density at radius 3 is 2.67 bits per heavy atom. The summed E-state index contributed by atoms with van der Waals surface area (Å²) in [6, 6.07) is 0. The van der Waals surface area contributed by atoms with E-state index in [9.17, 15) is 8.78 Å². The molecular weight excluding hydrogens is 164 g/mol. The highest BCUT2D eigenvalue weighted by Crippen LogP contribution is 2.21. The van der Waals surface area contributed by atoms with Crippen molar-refractivity contribution in [3.63, 3.8) is 0 Å². The third-order valence-electron chi connectivity index (χ3n) is 1.78. The van der Waals surface area contributed by atoms with Crippen molar-refractivity contribution in [3.8, 4) is 0 Å². The second-order valence-corrected chi connectivity index (χ2v) is 2.59. The molecule has 0 saturated carbocycles. The molecule has 3 nitrogen and oxygen atoms in total. The molecule has 0 spiro atoms. The van der Waals surface area contributed by atoms with Gasteiger partial charge >= 0.3 is 0 Å². The number of alkyl halides is 2. The predicted molar refractivity (Wildman–Crippen MR) is 41.1 cm³/mol. The zero-order valence-corrected chi connectivity index (χ0v) is 6.72. The van der Waals surface area contributed by atoms with Gasteiger partial charge in [-0.1, -0.05) is 0 Å². The summed E-state index contributed by atoms with van der Waals surface area (Å²) in [5.74, 6) is -0.948. The molecule has 68 valence electrons. The topological polar surface area (TPSA) is 54.7 Å². The zero-order valence-electron chi connectivity index (χ0n) is 6.72. The van der Waals surface area contributed by atoms with Gasteiger partial charge in [0.15, 0.2) is 0 Å². The third kappa shape index (κ3) is 1.61. The van der Waals surface area contributed by atoms with Crippen molar-refractivity contribution < 1.29 is 8.78 Å². The lowest BCUT2D eigenvalue weighted by molar-refractivity contribution is 0.115. The first-order valence-electron chi connectivity index (χ1n) is 3.65. The van der Waals surface area contributed by atoms with Gasteiger partial charge in [-0.2, -0.15) is 0 Å². The van der Waals surface area contributed by atoms with Gasteiger partial charge in [-0.3, -0.25) is 0 Å². The molecule has 0 radical (unpaired) electrons. The van der Waals surface area contributed by atoms with Crippen LogP contribution in [0.3, 0.4) is 0 Å². The molecule has 1 rings (SSSR count). The van der Waals surface area contributed by atoms with Gasteiger partial charge in [0.05, 0.1) is 17.9 Å². The fraction of sp³-hybridized carbons (Fsp3) is 0.571. The van der Waals surface area contributed by atoms with Crippen LogP contribution in [-0.2, 0) is 0 Å². The number of nitrogens with zero attached hydrogens (tertiary/aromatic N) is 1. The highest BCUT2D eigenvalue weighted by Gasteiger charge is 2.24. The van der Waals surface area contributed by atoms with E-state index in [2.05, 4.69) is 9.97 Å². The summed E-state index contributed by atoms with van der Waals surface area (Å²) in [7, 11) is 0. The molecular formula is C7H11F2N3. The lowest BCUT2D eigenvalue weighted by Gasteiger charge is -2.11. The average molecular weight is 175 g/mol. The maximum Gasteiger partial charge on any atom is 0.248 e. The Hall–Kier alpha value is -0.970. The number of halogens is 2. The van der Waals surface area contributed by atoms with E-state index in [4.69, 9.17) is 5.73 Å². The van der Waals surface area contributed by atoms with E-state index < -0.39 is 12.3 Å². The van der Waals surface area contributed by atoms with E-state index in [1.54, 1.807) is 6.92 Å². The van der Waals surface area contributed by atoms with Gasteiger partial charge in [0.1, 0.15) is 0 Å². The predicted octanol–water partition coefficient (Wildman–Crippen LogP) is 1.03. The Balaban J connectivity index is 2.87. The number of hydrogen-bond acceptors (Lipinski definition) is 2. The number of hydrogen-bond donors (Lipinski definition) is 2. The first kappa shape index (κ1) is 9.12. The molecule has 5 heteroatoms. The van der Waals surface area contributed by atoms with Crippen molar-refractivity contribution in [2.45, 2.75) is 19.3 Å². The Labute approximate surface area is 69.0 Å². The summed E-state index contributed by atoms with van der Waals surface area (Å²) in [5.41, 5.74) is 6.23. The monoisotopic (exact) mass is 175 g/mol. The maximum absolute atomic E-state index is 12.3. The smallest absolute Gasteiger partial charge is 0.248 e. The first-order valence-corrected chi connectivity index (χ1v) is 3.65. The maximum atomic E-state index is 12.3. The summed E-state index contributed by atoms with van der Waals surface area (Å²) in [6.45, 7) is 1.62. The van der Waals surface area contributed by atoms with Crippen LogP contribution in [0.25, 0.3) is 0 Å². The number of nitrogens with two attached hydrogens (primary N) is 1. The normalized spacial score (nSPS) is 13.8. The Morgan fingerprint density at radius 1 is 1.67 bits per heavy atom. The number of H-pyrrole nitrogens is 1. The van der Waals surface area contributed by atoms with Crippen LogP contribution in [0.4, 0.5) is 8.78 Å². The second-order valence-electron chi connectivity index (χ2n) is 2.59. The van der Waals surface area contributed by atoms with E-state index in [0.29, 0.717) is 11.4 Å². The molecule has 1 unspecified atom stereocenters. The molecule has 12 heavy (non-hydrogen) atoms. The van der Waals surface area contributed by atoms with Crippen molar-refractivity contribution in [3.05, 3.63) is 17.7 Å². The van der Waals surface area contributed by atoms with Gasteiger partial charge in [-0.15, -0.1) is 0 Å². The number of imidazole rings is 1. The van der Waals surface area contributed by atoms with Crippen LogP contribution in [0, 0.1) is 6.92 Å². The molecule has 0 bridgehead atoms. The fourth-order valence-corrected chi connectivity index (χ4v) is 1.08. The molecule has 0 saturated heterocycles. The molecule has 0 aliphatic heterocycles. The van der Waals surface area contributed by atoms with Crippen LogP contribution in [0.1, 0.15) is 17.3 Å². The van der Waals surface area contributed by atoms with Crippen molar-refractivity contribution in [1.82, 2.24) is 9.97 Å². The van der Waals surface area contributed by atoms with Crippen LogP contribution in [0.2, 0.25) is 0 Å². The van der Waals surface area contributed by atoms with Crippen molar-refractivity contribution in [2.24, 2.45) is 5.73 Å². The Bertz CT molecular complexity index is 247. The molecule has 0 amide bonds. The molecule has 1 aromatic rings. The largest absolute Gasteiger partial charge is 0.348 e. The summed E-state index contributed by atoms with van der Waals surface area (Å²) in [5, 5.41) is 0. The van der Waals surface area contributed by atoms with E-state index in [1.807, 2.05) is 0 Å². The number of aryl methyl sites for hydroxylation is 1. The summed E-state index contributed by atoms with van der Waals surface area (Å²) in [6.07, 6.45) is -1.05. The number of nitrogens with one attached hydrogen (secondary N) is 1. The van der Waals surface area contributed by atoms with E-state index in [1.165, 1.54) is 6.33 Å². The van der Waals surface area contributed by atoms with Gasteiger partial charge < -0.3 is 10.7 Å². The molecule has 1 heterocycles. The lowest BCUT2D eigenvalue weighted by Crippen LogP contribution is -2.20. The second kappa shape index (κ2) is 3.62. The fourth-order valence-electron chi connectivity index (χ4n) is 1.08. The molecule has 1 aromatic heterocycles. The average Bonchev–Trinajstić information content (AvgIpc) is 2.38. The number of aromatic nitrogens is 2. The highest BCUT2D eigenvalue weighted by molar-refractivity contribution is 5.15. The third-order valence-corrected chi connectivity index (χ3v) is 1.78. The van der Waals surface area contributed by atoms with Crippen molar-refractivity contribution >= 4 is 0 Å². The molecule has 3 N–H and O–H groups in total. The molecule has 0 aliphatic carbocycles. The standard InChI is InChI=1S/C7H11F2N3/c1-4-6(12-3-11-4)5(2-10)7(8)9/h3,5,7H,2,10H2,1H3,(H,11,12). The van der Waals surface area contributed by atoms with Crippen LogP contribution in [-0.4, -0.2) is 22.9 Å². The van der Waals surface area contributed by atoms with Crippen molar-refractivity contribution in [1.29, 1.82) is 0 Å². The zero-order chi connectivity index (χ0) is 9.14. The Kier molecular flexibility index (Phi) is 2.75. The van der Waals surface area contributed by atoms with Gasteiger partial charge in [0.2, 0.25) is 6.43 Å². The van der Waals surface area contributed by atoms with Crippen molar-refractivity contribution in [2.75, 3.05) is 6.54 Å². The van der Waals surface area contributed by atoms with Crippen LogP contribution in [0.5, 0.6) is 0 Å². The molecule has 0 aliphatic rings. The van der Waals surface area contributed by atoms with Gasteiger partial charge in [-0.05, 0) is 6.92 Å². The van der Waals surface area contributed by atoms with E-state index in [0.717, 1.165) is 0 Å². The first-order chi connectivity index (χ1) is 5.66. The minimum absolute atomic E-state index is 0.0800. The number of rotatable bonds is 3. The SMILES string of the molecule is Cc1[nH]cnc1C(CN)C(F)F. The van der Waals surface area contributed by atoms with Crippen LogP contribution in [0.15, 0.2) is 6.33 Å². The summed E-state index contributed by atoms with van der Waals surface area (Å²) < 4.78 is 24.6. The van der Waals surface area contributed by atoms with Gasteiger partial charge in [-0.25, -0.2) is 13.8 Å². The summed E-state index contributed by atoms with van der Waals surface area (Å²) in [4.78, 5) is 6.53. The van der Waals surface area contributed by atoms with Crippen LogP contribution < -0.4 is 5.73 Å². The van der Waals surface area contributed by atoms with Gasteiger partial charge in [0, 0.05) is 12.2 Å². The van der Waals surface area contributed by atoms with E-state index >= 15 is 0 Å². The Morgan fingerprint density at radius 2 is 2.33 bits per heavy atom. The van der Waals surface area contributed by atoms with Gasteiger partial charge in [0.25, 0.3) is 0 Å². The lowest BCUT2D eigenvalue weighted by atomic mass is 10.1. The quantitative estimate of drug-likeness (QED) is 0.720. The molecule has 0 aromatic carbocycles. The molecule has 1 atom stereocenters. The van der Waals surface area contributed by atoms with E-state index in [-0.39, 0.29) is 6.54 Å². The van der Waals surface area contributed by atoms with Crippen LogP contribution >= 0.6 is 0 Å². The number of aromatic amines is 1. The highest BCUT2D eigenvalue weighted by atomic mass is 19.3. The molecule has 0 fully saturated rings. The minimum Gasteiger partial charge on any atom is -0.348 e. The summed E-state index contributed by atoms with van der Waals surface area (Å²) >= 11 is 0.